The van der Waals surface area contributed by atoms with E-state index in [0.29, 0.717) is 11.3 Å². The Morgan fingerprint density at radius 3 is 2.48 bits per heavy atom. The number of aryl methyl sites for hydroxylation is 1. The predicted molar refractivity (Wildman–Crippen MR) is 124 cm³/mol. The number of hydrogen-bond donors (Lipinski definition) is 1. The van der Waals surface area contributed by atoms with Gasteiger partial charge in [-0.05, 0) is 68.8 Å². The second kappa shape index (κ2) is 10.1. The number of amides is 2. The summed E-state index contributed by atoms with van der Waals surface area (Å²) in [6, 6.07) is 15.9. The molecule has 5 nitrogen and oxygen atoms in total. The van der Waals surface area contributed by atoms with Crippen LogP contribution in [0.5, 0.6) is 0 Å². The summed E-state index contributed by atoms with van der Waals surface area (Å²) in [4.78, 5) is 30.4. The molecule has 2 aliphatic rings. The van der Waals surface area contributed by atoms with Crippen molar-refractivity contribution in [2.45, 2.75) is 45.6 Å². The van der Waals surface area contributed by atoms with E-state index in [1.807, 2.05) is 29.2 Å². The van der Waals surface area contributed by atoms with Crippen molar-refractivity contribution in [2.75, 3.05) is 31.5 Å². The number of likely N-dealkylation sites (tertiary alicyclic amines) is 2. The van der Waals surface area contributed by atoms with E-state index in [9.17, 15) is 9.59 Å². The number of hydrogen-bond acceptors (Lipinski definition) is 3. The third-order valence-electron chi connectivity index (χ3n) is 6.59. The summed E-state index contributed by atoms with van der Waals surface area (Å²) in [7, 11) is 0. The summed E-state index contributed by atoms with van der Waals surface area (Å²) in [6.45, 7) is 6.39. The molecule has 1 N–H and O–H groups in total. The number of anilines is 1. The van der Waals surface area contributed by atoms with Gasteiger partial charge >= 0.3 is 0 Å². The van der Waals surface area contributed by atoms with Crippen LogP contribution in [0.1, 0.15) is 53.6 Å². The van der Waals surface area contributed by atoms with E-state index in [-0.39, 0.29) is 17.7 Å². The highest BCUT2D eigenvalue weighted by atomic mass is 16.2. The van der Waals surface area contributed by atoms with E-state index in [1.54, 1.807) is 0 Å². The largest absolute Gasteiger partial charge is 0.339 e. The van der Waals surface area contributed by atoms with Gasteiger partial charge in [-0.25, -0.2) is 0 Å². The zero-order chi connectivity index (χ0) is 21.6. The first kappa shape index (κ1) is 21.6. The fraction of sp³-hybridized carbons (Fsp3) is 0.462. The number of nitrogens with zero attached hydrogens (tertiary/aromatic N) is 2. The fourth-order valence-electron chi connectivity index (χ4n) is 4.72. The lowest BCUT2D eigenvalue weighted by Crippen LogP contribution is -2.40. The molecule has 164 valence electrons. The van der Waals surface area contributed by atoms with Crippen molar-refractivity contribution in [3.8, 4) is 0 Å². The summed E-state index contributed by atoms with van der Waals surface area (Å²) >= 11 is 0. The molecule has 0 aliphatic carbocycles. The van der Waals surface area contributed by atoms with E-state index in [1.165, 1.54) is 17.5 Å². The summed E-state index contributed by atoms with van der Waals surface area (Å²) in [5, 5.41) is 3.08. The molecule has 4 rings (SSSR count). The highest BCUT2D eigenvalue weighted by Crippen LogP contribution is 2.24. The molecule has 0 bridgehead atoms. The van der Waals surface area contributed by atoms with Crippen LogP contribution in [0.15, 0.2) is 48.5 Å². The van der Waals surface area contributed by atoms with Crippen LogP contribution in [0, 0.1) is 12.8 Å². The van der Waals surface area contributed by atoms with Crippen molar-refractivity contribution in [3.63, 3.8) is 0 Å². The number of carbonyl (C=O) groups excluding carboxylic acids is 2. The van der Waals surface area contributed by atoms with Crippen molar-refractivity contribution in [1.82, 2.24) is 9.80 Å². The minimum Gasteiger partial charge on any atom is -0.339 e. The van der Waals surface area contributed by atoms with Crippen molar-refractivity contribution < 1.29 is 9.59 Å². The van der Waals surface area contributed by atoms with Gasteiger partial charge in [-0.1, -0.05) is 36.4 Å². The number of para-hydroxylation sites is 1. The van der Waals surface area contributed by atoms with Gasteiger partial charge in [0, 0.05) is 26.2 Å². The van der Waals surface area contributed by atoms with E-state index >= 15 is 0 Å². The van der Waals surface area contributed by atoms with Gasteiger partial charge in [-0.15, -0.1) is 0 Å². The van der Waals surface area contributed by atoms with Crippen molar-refractivity contribution in [2.24, 2.45) is 5.92 Å². The van der Waals surface area contributed by atoms with Gasteiger partial charge in [0.2, 0.25) is 5.91 Å². The molecule has 31 heavy (non-hydrogen) atoms. The number of benzene rings is 2. The molecule has 2 amide bonds. The highest BCUT2D eigenvalue weighted by Gasteiger charge is 2.27. The number of piperidine rings is 2. The predicted octanol–water partition coefficient (Wildman–Crippen LogP) is 4.47. The van der Waals surface area contributed by atoms with Gasteiger partial charge in [0.25, 0.3) is 5.91 Å². The average Bonchev–Trinajstić information content (AvgIpc) is 2.81. The second-order valence-electron chi connectivity index (χ2n) is 8.89. The SMILES string of the molecule is Cc1ccccc1CN1CCCC(C(=O)Nc2ccccc2C(=O)N2CCCCC2)C1. The van der Waals surface area contributed by atoms with E-state index < -0.39 is 0 Å². The zero-order valence-electron chi connectivity index (χ0n) is 18.5. The quantitative estimate of drug-likeness (QED) is 0.778. The standard InChI is InChI=1S/C26H33N3O2/c1-20-10-3-4-11-21(20)18-28-15-9-12-22(19-28)25(30)27-24-14-6-5-13-23(24)26(31)29-16-7-2-8-17-29/h3-6,10-11,13-14,22H,2,7-9,12,15-19H2,1H3,(H,27,30). The minimum atomic E-state index is -0.0593. The molecular formula is C26H33N3O2. The Morgan fingerprint density at radius 2 is 1.68 bits per heavy atom. The highest BCUT2D eigenvalue weighted by molar-refractivity contribution is 6.04. The molecule has 1 unspecified atom stereocenters. The molecule has 0 saturated carbocycles. The molecule has 0 spiro atoms. The molecule has 5 heteroatoms. The van der Waals surface area contributed by atoms with Crippen LogP contribution in [0.3, 0.4) is 0 Å². The molecular weight excluding hydrogens is 386 g/mol. The van der Waals surface area contributed by atoms with Crippen LogP contribution in [-0.4, -0.2) is 47.8 Å². The zero-order valence-corrected chi connectivity index (χ0v) is 18.5. The lowest BCUT2D eigenvalue weighted by atomic mass is 9.96. The summed E-state index contributed by atoms with van der Waals surface area (Å²) < 4.78 is 0. The molecule has 2 aromatic rings. The fourth-order valence-corrected chi connectivity index (χ4v) is 4.72. The van der Waals surface area contributed by atoms with Crippen molar-refractivity contribution in [1.29, 1.82) is 0 Å². The van der Waals surface area contributed by atoms with Crippen LogP contribution >= 0.6 is 0 Å². The normalized spacial score (nSPS) is 19.8. The van der Waals surface area contributed by atoms with Crippen LogP contribution < -0.4 is 5.32 Å². The maximum absolute atomic E-state index is 13.1. The Hall–Kier alpha value is -2.66. The van der Waals surface area contributed by atoms with Crippen LogP contribution in [0.4, 0.5) is 5.69 Å². The van der Waals surface area contributed by atoms with Crippen LogP contribution in [0.2, 0.25) is 0 Å². The second-order valence-corrected chi connectivity index (χ2v) is 8.89. The molecule has 2 aromatic carbocycles. The Balaban J connectivity index is 1.41. The monoisotopic (exact) mass is 419 g/mol. The van der Waals surface area contributed by atoms with Crippen molar-refractivity contribution in [3.05, 3.63) is 65.2 Å². The smallest absolute Gasteiger partial charge is 0.255 e. The first-order chi connectivity index (χ1) is 15.1. The number of rotatable bonds is 5. The van der Waals surface area contributed by atoms with Gasteiger partial charge in [-0.2, -0.15) is 0 Å². The maximum atomic E-state index is 13.1. The molecule has 2 saturated heterocycles. The molecule has 0 aromatic heterocycles. The first-order valence-corrected chi connectivity index (χ1v) is 11.6. The molecule has 2 fully saturated rings. The van der Waals surface area contributed by atoms with Crippen LogP contribution in [-0.2, 0) is 11.3 Å². The van der Waals surface area contributed by atoms with Crippen LogP contribution in [0.25, 0.3) is 0 Å². The summed E-state index contributed by atoms with van der Waals surface area (Å²) in [5.74, 6) is -0.00952. The third kappa shape index (κ3) is 5.34. The van der Waals surface area contributed by atoms with Gasteiger partial charge in [-0.3, -0.25) is 14.5 Å². The lowest BCUT2D eigenvalue weighted by Gasteiger charge is -2.32. The average molecular weight is 420 g/mol. The maximum Gasteiger partial charge on any atom is 0.255 e. The number of carbonyl (C=O) groups is 2. The molecule has 2 aliphatic heterocycles. The topological polar surface area (TPSA) is 52.7 Å². The Labute approximate surface area is 185 Å². The minimum absolute atomic E-state index is 0.0216. The van der Waals surface area contributed by atoms with E-state index in [2.05, 4.69) is 41.4 Å². The van der Waals surface area contributed by atoms with Crippen molar-refractivity contribution >= 4 is 17.5 Å². The first-order valence-electron chi connectivity index (χ1n) is 11.6. The Kier molecular flexibility index (Phi) is 7.03. The molecule has 1 atom stereocenters. The Morgan fingerprint density at radius 1 is 0.935 bits per heavy atom. The number of nitrogens with one attached hydrogen (secondary N) is 1. The van der Waals surface area contributed by atoms with E-state index in [0.717, 1.165) is 58.4 Å². The van der Waals surface area contributed by atoms with Gasteiger partial charge in [0.05, 0.1) is 17.2 Å². The van der Waals surface area contributed by atoms with Gasteiger partial charge < -0.3 is 10.2 Å². The molecule has 0 radical (unpaired) electrons. The van der Waals surface area contributed by atoms with Gasteiger partial charge in [0.1, 0.15) is 0 Å². The summed E-state index contributed by atoms with van der Waals surface area (Å²) in [5.41, 5.74) is 3.85. The third-order valence-corrected chi connectivity index (χ3v) is 6.59. The van der Waals surface area contributed by atoms with E-state index in [4.69, 9.17) is 0 Å². The molecule has 2 heterocycles. The van der Waals surface area contributed by atoms with Gasteiger partial charge in [0.15, 0.2) is 0 Å². The summed E-state index contributed by atoms with van der Waals surface area (Å²) in [6.07, 6.45) is 5.19. The lowest BCUT2D eigenvalue weighted by molar-refractivity contribution is -0.121. The Bertz CT molecular complexity index is 920.